The molecule has 18 heavy (non-hydrogen) atoms. The summed E-state index contributed by atoms with van der Waals surface area (Å²) in [7, 11) is 0. The molecule has 0 saturated carbocycles. The van der Waals surface area contributed by atoms with Crippen molar-refractivity contribution in [2.75, 3.05) is 0 Å². The Morgan fingerprint density at radius 3 is 2.22 bits per heavy atom. The third-order valence-electron chi connectivity index (χ3n) is 2.33. The Morgan fingerprint density at radius 1 is 1.33 bits per heavy atom. The van der Waals surface area contributed by atoms with E-state index in [0.717, 1.165) is 0 Å². The van der Waals surface area contributed by atoms with Crippen molar-refractivity contribution >= 4 is 12.7 Å². The van der Waals surface area contributed by atoms with Crippen molar-refractivity contribution in [3.8, 4) is 0 Å². The van der Waals surface area contributed by atoms with Crippen LogP contribution in [-0.2, 0) is 19.3 Å². The first-order valence-corrected chi connectivity index (χ1v) is 5.24. The number of rotatable bonds is 5. The molecule has 0 saturated heterocycles. The number of hydrogen-bond acceptors (Lipinski definition) is 3. The minimum Gasteiger partial charge on any atom is -0.448 e. The first-order valence-electron chi connectivity index (χ1n) is 5.24. The Kier molecular flexibility index (Phi) is 7.08. The average molecular weight is 289 g/mol. The number of nitro groups is 1. The predicted molar refractivity (Wildman–Crippen MR) is 56.7 cm³/mol. The van der Waals surface area contributed by atoms with E-state index in [-0.39, 0.29) is 81.3 Å². The van der Waals surface area contributed by atoms with E-state index in [9.17, 15) is 23.1 Å². The van der Waals surface area contributed by atoms with E-state index >= 15 is 0 Å². The van der Waals surface area contributed by atoms with Crippen molar-refractivity contribution in [1.29, 1.82) is 0 Å². The summed E-state index contributed by atoms with van der Waals surface area (Å²) in [5.74, 6) is 0. The molecule has 0 aliphatic heterocycles. The molecule has 10 heteroatoms. The molecular weight excluding hydrogens is 277 g/mol. The van der Waals surface area contributed by atoms with E-state index in [0.29, 0.717) is 4.68 Å². The van der Waals surface area contributed by atoms with Crippen LogP contribution in [0.3, 0.4) is 0 Å². The van der Waals surface area contributed by atoms with Crippen LogP contribution in [0, 0.1) is 10.1 Å². The van der Waals surface area contributed by atoms with Crippen LogP contribution in [0.5, 0.6) is 0 Å². The molecule has 0 atom stereocenters. The van der Waals surface area contributed by atoms with E-state index in [1.807, 2.05) is 0 Å². The zero-order valence-electron chi connectivity index (χ0n) is 10.5. The maximum Gasteiger partial charge on any atom is 1.00 e. The van der Waals surface area contributed by atoms with E-state index < -0.39 is 18.3 Å². The molecule has 0 amide bonds. The predicted octanol–water partition coefficient (Wildman–Crippen LogP) is -0.693. The van der Waals surface area contributed by atoms with Crippen LogP contribution in [-0.4, -0.2) is 21.7 Å². The summed E-state index contributed by atoms with van der Waals surface area (Å²) in [5, 5.41) is 14.5. The van der Waals surface area contributed by atoms with E-state index in [4.69, 9.17) is 0 Å². The van der Waals surface area contributed by atoms with Gasteiger partial charge in [0.05, 0.1) is 4.92 Å². The molecule has 1 rings (SSSR count). The molecule has 96 valence electrons. The molecule has 0 radical (unpaired) electrons. The average Bonchev–Trinajstić information content (AvgIpc) is 2.52. The maximum atomic E-state index is 12.3. The number of aromatic nitrogens is 2. The van der Waals surface area contributed by atoms with Gasteiger partial charge in [0.15, 0.2) is 0 Å². The van der Waals surface area contributed by atoms with Gasteiger partial charge in [-0.3, -0.25) is 14.8 Å². The third-order valence-corrected chi connectivity index (χ3v) is 2.33. The Hall–Kier alpha value is 0.101. The maximum absolute atomic E-state index is 12.3. The van der Waals surface area contributed by atoms with Gasteiger partial charge in [-0.25, -0.2) is 0 Å². The molecule has 1 aromatic heterocycles. The van der Waals surface area contributed by atoms with E-state index in [1.165, 1.54) is 0 Å². The second kappa shape index (κ2) is 7.04. The van der Waals surface area contributed by atoms with Gasteiger partial charge < -0.3 is 12.9 Å². The van der Waals surface area contributed by atoms with Crippen LogP contribution in [0.15, 0.2) is 0 Å². The molecule has 0 spiro atoms. The van der Waals surface area contributed by atoms with Gasteiger partial charge >= 0.3 is 64.0 Å². The van der Waals surface area contributed by atoms with Crippen molar-refractivity contribution in [3.63, 3.8) is 0 Å². The smallest absolute Gasteiger partial charge is 0.448 e. The van der Waals surface area contributed by atoms with Gasteiger partial charge in [0.25, 0.3) is 0 Å². The van der Waals surface area contributed by atoms with Gasteiger partial charge in [-0.15, -0.1) is 0 Å². The fourth-order valence-electron chi connectivity index (χ4n) is 1.69. The van der Waals surface area contributed by atoms with Gasteiger partial charge in [-0.2, -0.15) is 5.10 Å². The van der Waals surface area contributed by atoms with Gasteiger partial charge in [-0.05, 0) is 12.8 Å². The van der Waals surface area contributed by atoms with E-state index in [1.54, 1.807) is 13.8 Å². The fraction of sp³-hybridized carbons (Fsp3) is 0.625. The van der Waals surface area contributed by atoms with Crippen LogP contribution in [0.2, 0.25) is 0 Å². The van der Waals surface area contributed by atoms with Crippen molar-refractivity contribution in [2.45, 2.75) is 33.1 Å². The molecule has 0 bridgehead atoms. The second-order valence-corrected chi connectivity index (χ2v) is 3.60. The van der Waals surface area contributed by atoms with Gasteiger partial charge in [0, 0.05) is 6.44 Å². The Morgan fingerprint density at radius 2 is 1.89 bits per heavy atom. The van der Waals surface area contributed by atoms with Crippen LogP contribution in [0.25, 0.3) is 0 Å². The Bertz CT molecular complexity index is 436. The molecular formula is C8H12BF3KN3O2. The molecule has 0 aliphatic rings. The standard InChI is InChI=1S/C8H12BF3N3O2.K/c1-3-6-8(15(16)17)7(4-2)14(13-6)5-9(10,11)12;/h3-5H2,1-2H3;/q-1;+1. The quantitative estimate of drug-likeness (QED) is 0.409. The monoisotopic (exact) mass is 289 g/mol. The zero-order chi connectivity index (χ0) is 13.2. The minimum atomic E-state index is -5.06. The van der Waals surface area contributed by atoms with Crippen molar-refractivity contribution in [3.05, 3.63) is 21.5 Å². The Labute approximate surface area is 145 Å². The zero-order valence-corrected chi connectivity index (χ0v) is 13.6. The van der Waals surface area contributed by atoms with Crippen molar-refractivity contribution in [1.82, 2.24) is 9.78 Å². The summed E-state index contributed by atoms with van der Waals surface area (Å²) in [6.45, 7) is -1.87. The molecule has 1 aromatic rings. The Balaban J connectivity index is 0.00000289. The summed E-state index contributed by atoms with van der Waals surface area (Å²) in [6, 6.07) is 0. The molecule has 0 aliphatic carbocycles. The minimum absolute atomic E-state index is 0. The summed E-state index contributed by atoms with van der Waals surface area (Å²) < 4.78 is 37.7. The van der Waals surface area contributed by atoms with Crippen LogP contribution in [0.1, 0.15) is 25.2 Å². The normalized spacial score (nSPS) is 11.2. The first kappa shape index (κ1) is 18.1. The van der Waals surface area contributed by atoms with Crippen molar-refractivity contribution < 1.29 is 69.3 Å². The number of nitrogens with zero attached hydrogens (tertiary/aromatic N) is 3. The van der Waals surface area contributed by atoms with Gasteiger partial charge in [0.2, 0.25) is 0 Å². The van der Waals surface area contributed by atoms with Crippen LogP contribution >= 0.6 is 0 Å². The summed E-state index contributed by atoms with van der Waals surface area (Å²) in [5.41, 5.74) is -0.145. The fourth-order valence-corrected chi connectivity index (χ4v) is 1.69. The summed E-state index contributed by atoms with van der Waals surface area (Å²) >= 11 is 0. The van der Waals surface area contributed by atoms with E-state index in [2.05, 4.69) is 5.10 Å². The molecule has 5 nitrogen and oxygen atoms in total. The van der Waals surface area contributed by atoms with Gasteiger partial charge in [0.1, 0.15) is 11.4 Å². The molecule has 0 unspecified atom stereocenters. The first-order chi connectivity index (χ1) is 7.80. The number of aryl methyl sites for hydroxylation is 1. The number of halogens is 3. The second-order valence-electron chi connectivity index (χ2n) is 3.60. The topological polar surface area (TPSA) is 61.0 Å². The molecule has 0 N–H and O–H groups in total. The van der Waals surface area contributed by atoms with Crippen LogP contribution in [0.4, 0.5) is 18.6 Å². The molecule has 0 aromatic carbocycles. The summed E-state index contributed by atoms with van der Waals surface area (Å²) in [4.78, 5) is 10.2. The largest absolute Gasteiger partial charge is 1.00 e. The molecule has 0 fully saturated rings. The third kappa shape index (κ3) is 4.34. The summed E-state index contributed by atoms with van der Waals surface area (Å²) in [6.07, 6.45) is -0.847. The van der Waals surface area contributed by atoms with Crippen LogP contribution < -0.4 is 51.4 Å². The number of hydrogen-bond donors (Lipinski definition) is 0. The van der Waals surface area contributed by atoms with Gasteiger partial charge in [-0.1, -0.05) is 13.8 Å². The molecule has 1 heterocycles. The SMILES string of the molecule is CCc1nn(C[B-](F)(F)F)c(CC)c1[N+](=O)[O-].[K+]. The van der Waals surface area contributed by atoms with Crippen molar-refractivity contribution in [2.24, 2.45) is 0 Å².